The zero-order valence-electron chi connectivity index (χ0n) is 9.51. The van der Waals surface area contributed by atoms with E-state index in [0.29, 0.717) is 6.42 Å². The lowest BCUT2D eigenvalue weighted by atomic mass is 10.0. The summed E-state index contributed by atoms with van der Waals surface area (Å²) in [4.78, 5) is 25.5. The van der Waals surface area contributed by atoms with Gasteiger partial charge >= 0.3 is 11.9 Å². The third kappa shape index (κ3) is 3.70. The third-order valence-electron chi connectivity index (χ3n) is 2.08. The summed E-state index contributed by atoms with van der Waals surface area (Å²) in [7, 11) is 0. The van der Waals surface area contributed by atoms with E-state index in [-0.39, 0.29) is 16.6 Å². The van der Waals surface area contributed by atoms with Gasteiger partial charge in [-0.2, -0.15) is 0 Å². The molecule has 7 heteroatoms. The van der Waals surface area contributed by atoms with Gasteiger partial charge in [-0.05, 0) is 12.3 Å². The number of hydrogen-bond acceptors (Lipinski definition) is 5. The molecule has 0 radical (unpaired) electrons. The topological polar surface area (TPSA) is 99.5 Å². The highest BCUT2D eigenvalue weighted by molar-refractivity contribution is 7.14. The van der Waals surface area contributed by atoms with Crippen LogP contribution < -0.4 is 5.32 Å². The minimum Gasteiger partial charge on any atom is -0.480 e. The number of aliphatic carboxylic acids is 1. The number of thiazole rings is 1. The van der Waals surface area contributed by atoms with Gasteiger partial charge in [0.1, 0.15) is 11.0 Å². The van der Waals surface area contributed by atoms with Gasteiger partial charge < -0.3 is 15.5 Å². The van der Waals surface area contributed by atoms with E-state index in [1.165, 1.54) is 5.51 Å². The van der Waals surface area contributed by atoms with Crippen molar-refractivity contribution in [2.45, 2.75) is 26.3 Å². The molecule has 0 saturated heterocycles. The first-order chi connectivity index (χ1) is 7.91. The predicted molar refractivity (Wildman–Crippen MR) is 63.6 cm³/mol. The van der Waals surface area contributed by atoms with Crippen LogP contribution in [0.3, 0.4) is 0 Å². The van der Waals surface area contributed by atoms with E-state index in [1.54, 1.807) is 0 Å². The van der Waals surface area contributed by atoms with Crippen molar-refractivity contribution in [2.24, 2.45) is 5.92 Å². The van der Waals surface area contributed by atoms with E-state index in [9.17, 15) is 9.59 Å². The molecule has 1 unspecified atom stereocenters. The van der Waals surface area contributed by atoms with Crippen LogP contribution in [0.2, 0.25) is 0 Å². The maximum absolute atomic E-state index is 11.0. The van der Waals surface area contributed by atoms with E-state index in [2.05, 4.69) is 10.3 Å². The van der Waals surface area contributed by atoms with Crippen molar-refractivity contribution in [1.82, 2.24) is 4.98 Å². The van der Waals surface area contributed by atoms with Gasteiger partial charge in [-0.15, -0.1) is 11.3 Å². The summed E-state index contributed by atoms with van der Waals surface area (Å²) >= 11 is 1.08. The number of aromatic carboxylic acids is 1. The van der Waals surface area contributed by atoms with Crippen molar-refractivity contribution in [3.05, 3.63) is 11.2 Å². The van der Waals surface area contributed by atoms with E-state index in [4.69, 9.17) is 10.2 Å². The summed E-state index contributed by atoms with van der Waals surface area (Å²) < 4.78 is 0. The predicted octanol–water partition coefficient (Wildman–Crippen LogP) is 1.75. The van der Waals surface area contributed by atoms with Crippen LogP contribution in [-0.2, 0) is 4.79 Å². The second kappa shape index (κ2) is 5.62. The molecule has 94 valence electrons. The smallest absolute Gasteiger partial charge is 0.357 e. The number of rotatable bonds is 6. The Morgan fingerprint density at radius 3 is 2.59 bits per heavy atom. The minimum absolute atomic E-state index is 0.134. The molecule has 0 fully saturated rings. The molecule has 6 nitrogen and oxygen atoms in total. The Balaban J connectivity index is 2.82. The normalized spacial score (nSPS) is 12.4. The summed E-state index contributed by atoms with van der Waals surface area (Å²) in [5, 5.41) is 20.9. The fourth-order valence-corrected chi connectivity index (χ4v) is 2.08. The third-order valence-corrected chi connectivity index (χ3v) is 2.84. The van der Waals surface area contributed by atoms with Gasteiger partial charge in [-0.3, -0.25) is 0 Å². The van der Waals surface area contributed by atoms with Gasteiger partial charge in [-0.25, -0.2) is 14.6 Å². The van der Waals surface area contributed by atoms with Gasteiger partial charge in [0.05, 0.1) is 5.51 Å². The van der Waals surface area contributed by atoms with Crippen molar-refractivity contribution < 1.29 is 19.8 Å². The number of aromatic nitrogens is 1. The summed E-state index contributed by atoms with van der Waals surface area (Å²) in [6.45, 7) is 3.81. The van der Waals surface area contributed by atoms with Gasteiger partial charge in [0.2, 0.25) is 0 Å². The molecule has 0 aliphatic carbocycles. The summed E-state index contributed by atoms with van der Waals surface area (Å²) in [5.74, 6) is -1.96. The monoisotopic (exact) mass is 258 g/mol. The van der Waals surface area contributed by atoms with Gasteiger partial charge in [-0.1, -0.05) is 13.8 Å². The molecule has 1 heterocycles. The van der Waals surface area contributed by atoms with E-state index in [0.717, 1.165) is 11.3 Å². The van der Waals surface area contributed by atoms with E-state index < -0.39 is 18.0 Å². The van der Waals surface area contributed by atoms with Crippen LogP contribution in [-0.4, -0.2) is 33.2 Å². The molecule has 0 saturated carbocycles. The zero-order valence-corrected chi connectivity index (χ0v) is 10.3. The number of hydrogen-bond donors (Lipinski definition) is 3. The fraction of sp³-hybridized carbons (Fsp3) is 0.500. The number of carboxylic acid groups (broad SMARTS) is 2. The molecule has 0 aliphatic rings. The van der Waals surface area contributed by atoms with Gasteiger partial charge in [0.25, 0.3) is 0 Å². The molecule has 0 bridgehead atoms. The Hall–Kier alpha value is -1.63. The Labute approximate surface area is 102 Å². The number of carbonyl (C=O) groups is 2. The highest BCUT2D eigenvalue weighted by atomic mass is 32.1. The largest absolute Gasteiger partial charge is 0.480 e. The van der Waals surface area contributed by atoms with Gasteiger partial charge in [0, 0.05) is 0 Å². The van der Waals surface area contributed by atoms with E-state index in [1.807, 2.05) is 13.8 Å². The Morgan fingerprint density at radius 1 is 1.47 bits per heavy atom. The standard InChI is InChI=1S/C10H14N2O4S/c1-5(2)3-6(9(13)14)12-8-7(10(15)16)11-4-17-8/h4-6,12H,3H2,1-2H3,(H,13,14)(H,15,16). The maximum atomic E-state index is 11.0. The van der Waals surface area contributed by atoms with Crippen molar-refractivity contribution in [3.8, 4) is 0 Å². The van der Waals surface area contributed by atoms with Crippen LogP contribution in [0.25, 0.3) is 0 Å². The van der Waals surface area contributed by atoms with Crippen LogP contribution in [0.5, 0.6) is 0 Å². The first kappa shape index (κ1) is 13.4. The van der Waals surface area contributed by atoms with Crippen LogP contribution in [0.1, 0.15) is 30.8 Å². The lowest BCUT2D eigenvalue weighted by molar-refractivity contribution is -0.138. The number of nitrogens with one attached hydrogen (secondary N) is 1. The molecular weight excluding hydrogens is 244 g/mol. The molecule has 1 rings (SSSR count). The molecule has 1 atom stereocenters. The van der Waals surface area contributed by atoms with Crippen molar-refractivity contribution >= 4 is 28.3 Å². The first-order valence-electron chi connectivity index (χ1n) is 5.08. The average molecular weight is 258 g/mol. The first-order valence-corrected chi connectivity index (χ1v) is 5.96. The molecule has 1 aromatic heterocycles. The van der Waals surface area contributed by atoms with Crippen LogP contribution in [0, 0.1) is 5.92 Å². The quantitative estimate of drug-likeness (QED) is 0.719. The maximum Gasteiger partial charge on any atom is 0.357 e. The van der Waals surface area contributed by atoms with Crippen molar-refractivity contribution in [3.63, 3.8) is 0 Å². The summed E-state index contributed by atoms with van der Waals surface area (Å²) in [5.41, 5.74) is 1.24. The molecule has 0 amide bonds. The molecule has 0 aromatic carbocycles. The number of anilines is 1. The molecule has 0 aliphatic heterocycles. The van der Waals surface area contributed by atoms with Crippen LogP contribution in [0.15, 0.2) is 5.51 Å². The average Bonchev–Trinajstić information content (AvgIpc) is 2.63. The minimum atomic E-state index is -1.16. The SMILES string of the molecule is CC(C)CC(Nc1scnc1C(=O)O)C(=O)O. The van der Waals surface area contributed by atoms with Crippen molar-refractivity contribution in [1.29, 1.82) is 0 Å². The lowest BCUT2D eigenvalue weighted by Gasteiger charge is -2.16. The fourth-order valence-electron chi connectivity index (χ4n) is 1.35. The number of carboxylic acids is 2. The molecule has 0 spiro atoms. The molecule has 3 N–H and O–H groups in total. The van der Waals surface area contributed by atoms with Crippen molar-refractivity contribution in [2.75, 3.05) is 5.32 Å². The van der Waals surface area contributed by atoms with Crippen LogP contribution in [0.4, 0.5) is 5.00 Å². The Kier molecular flexibility index (Phi) is 4.45. The molecular formula is C10H14N2O4S. The summed E-state index contributed by atoms with van der Waals surface area (Å²) in [6, 6.07) is -0.798. The second-order valence-corrected chi connectivity index (χ2v) is 4.85. The lowest BCUT2D eigenvalue weighted by Crippen LogP contribution is -2.31. The Morgan fingerprint density at radius 2 is 2.12 bits per heavy atom. The molecule has 1 aromatic rings. The highest BCUT2D eigenvalue weighted by Gasteiger charge is 2.22. The Bertz CT molecular complexity index is 416. The van der Waals surface area contributed by atoms with Crippen LogP contribution >= 0.6 is 11.3 Å². The number of nitrogens with zero attached hydrogens (tertiary/aromatic N) is 1. The zero-order chi connectivity index (χ0) is 13.0. The highest BCUT2D eigenvalue weighted by Crippen LogP contribution is 2.22. The van der Waals surface area contributed by atoms with Gasteiger partial charge in [0.15, 0.2) is 5.69 Å². The van der Waals surface area contributed by atoms with E-state index >= 15 is 0 Å². The molecule has 17 heavy (non-hydrogen) atoms. The summed E-state index contributed by atoms with van der Waals surface area (Å²) in [6.07, 6.45) is 0.423. The second-order valence-electron chi connectivity index (χ2n) is 4.00.